The number of rotatable bonds is 6. The normalized spacial score (nSPS) is 14.3. The Hall–Kier alpha value is -3.77. The first-order chi connectivity index (χ1) is 16.7. The number of amides is 1. The van der Waals surface area contributed by atoms with Crippen LogP contribution in [0, 0.1) is 6.92 Å². The van der Waals surface area contributed by atoms with Gasteiger partial charge in [-0.3, -0.25) is 9.69 Å². The lowest BCUT2D eigenvalue weighted by Crippen LogP contribution is -2.49. The van der Waals surface area contributed by atoms with Gasteiger partial charge in [0.15, 0.2) is 5.82 Å². The van der Waals surface area contributed by atoms with Crippen molar-refractivity contribution in [2.24, 2.45) is 0 Å². The first-order valence-corrected chi connectivity index (χ1v) is 11.8. The number of fused-ring (bicyclic) bond motifs is 1. The van der Waals surface area contributed by atoms with Crippen molar-refractivity contribution >= 4 is 28.2 Å². The molecule has 1 fully saturated rings. The zero-order valence-electron chi connectivity index (χ0n) is 19.4. The van der Waals surface area contributed by atoms with E-state index in [1.54, 1.807) is 0 Å². The molecule has 0 unspecified atom stereocenters. The number of hydrogen-bond acceptors (Lipinski definition) is 5. The molecule has 34 heavy (non-hydrogen) atoms. The molecule has 1 aromatic heterocycles. The number of carbonyl (C=O) groups is 1. The van der Waals surface area contributed by atoms with Crippen LogP contribution < -0.4 is 10.2 Å². The number of hydrogen-bond donors (Lipinski definition) is 1. The van der Waals surface area contributed by atoms with E-state index < -0.39 is 0 Å². The Kier molecular flexibility index (Phi) is 6.49. The molecular formula is C28H29N5O. The molecule has 172 valence electrons. The lowest BCUT2D eigenvalue weighted by Gasteiger charge is -2.35. The highest BCUT2D eigenvalue weighted by atomic mass is 16.2. The Morgan fingerprint density at radius 1 is 0.824 bits per heavy atom. The highest BCUT2D eigenvalue weighted by Crippen LogP contribution is 2.27. The second kappa shape index (κ2) is 10.0. The van der Waals surface area contributed by atoms with E-state index in [4.69, 9.17) is 0 Å². The molecule has 1 aliphatic heterocycles. The van der Waals surface area contributed by atoms with Crippen molar-refractivity contribution in [3.05, 3.63) is 95.7 Å². The van der Waals surface area contributed by atoms with Crippen LogP contribution in [0.25, 0.3) is 10.8 Å². The third kappa shape index (κ3) is 5.07. The van der Waals surface area contributed by atoms with Gasteiger partial charge in [0.2, 0.25) is 5.91 Å². The molecule has 2 heterocycles. The van der Waals surface area contributed by atoms with Crippen LogP contribution in [0.2, 0.25) is 0 Å². The first-order valence-electron chi connectivity index (χ1n) is 11.8. The number of aryl methyl sites for hydroxylation is 1. The van der Waals surface area contributed by atoms with Crippen LogP contribution in [0.5, 0.6) is 0 Å². The molecule has 1 aliphatic rings. The molecule has 6 nitrogen and oxygen atoms in total. The second-order valence-electron chi connectivity index (χ2n) is 8.86. The van der Waals surface area contributed by atoms with Gasteiger partial charge in [0.05, 0.1) is 12.2 Å². The largest absolute Gasteiger partial charge is 0.352 e. The average Bonchev–Trinajstić information content (AvgIpc) is 2.87. The SMILES string of the molecule is Cc1ccc(NC(=O)CN2CCN(c3nnc(Cc4ccccc4)c4ccccc34)CC2)cc1. The predicted octanol–water partition coefficient (Wildman–Crippen LogP) is 4.29. The van der Waals surface area contributed by atoms with Crippen molar-refractivity contribution in [3.63, 3.8) is 0 Å². The van der Waals surface area contributed by atoms with E-state index in [2.05, 4.69) is 73.8 Å². The molecule has 1 amide bonds. The summed E-state index contributed by atoms with van der Waals surface area (Å²) in [5.41, 5.74) is 4.24. The molecule has 0 bridgehead atoms. The fraction of sp³-hybridized carbons (Fsp3) is 0.250. The van der Waals surface area contributed by atoms with Crippen LogP contribution in [0.4, 0.5) is 11.5 Å². The zero-order valence-corrected chi connectivity index (χ0v) is 19.4. The quantitative estimate of drug-likeness (QED) is 0.474. The van der Waals surface area contributed by atoms with Crippen molar-refractivity contribution in [2.75, 3.05) is 42.9 Å². The van der Waals surface area contributed by atoms with Crippen LogP contribution in [-0.4, -0.2) is 53.7 Å². The van der Waals surface area contributed by atoms with E-state index in [1.165, 1.54) is 11.1 Å². The zero-order chi connectivity index (χ0) is 23.3. The summed E-state index contributed by atoms with van der Waals surface area (Å²) in [5, 5.41) is 14.6. The highest BCUT2D eigenvalue weighted by Gasteiger charge is 2.22. The molecule has 4 aromatic rings. The number of piperazine rings is 1. The molecule has 5 rings (SSSR count). The number of aromatic nitrogens is 2. The number of nitrogens with zero attached hydrogens (tertiary/aromatic N) is 4. The molecule has 0 radical (unpaired) electrons. The summed E-state index contributed by atoms with van der Waals surface area (Å²) < 4.78 is 0. The summed E-state index contributed by atoms with van der Waals surface area (Å²) in [6.07, 6.45) is 0.762. The Morgan fingerprint density at radius 2 is 1.50 bits per heavy atom. The van der Waals surface area contributed by atoms with Crippen LogP contribution in [0.1, 0.15) is 16.8 Å². The number of anilines is 2. The standard InChI is InChI=1S/C28H29N5O/c1-21-11-13-23(14-12-21)29-27(34)20-32-15-17-33(18-16-32)28-25-10-6-5-9-24(25)26(30-31-28)19-22-7-3-2-4-8-22/h2-14H,15-20H2,1H3,(H,29,34). The van der Waals surface area contributed by atoms with Gasteiger partial charge in [-0.15, -0.1) is 5.10 Å². The van der Waals surface area contributed by atoms with E-state index in [0.717, 1.165) is 60.6 Å². The van der Waals surface area contributed by atoms with Gasteiger partial charge in [-0.2, -0.15) is 5.10 Å². The summed E-state index contributed by atoms with van der Waals surface area (Å²) in [6, 6.07) is 26.7. The fourth-order valence-electron chi connectivity index (χ4n) is 4.46. The summed E-state index contributed by atoms with van der Waals surface area (Å²) in [6.45, 7) is 5.68. The van der Waals surface area contributed by atoms with Crippen molar-refractivity contribution < 1.29 is 4.79 Å². The van der Waals surface area contributed by atoms with Crippen LogP contribution in [0.15, 0.2) is 78.9 Å². The minimum absolute atomic E-state index is 0.0211. The third-order valence-corrected chi connectivity index (χ3v) is 6.33. The molecule has 6 heteroatoms. The Bertz CT molecular complexity index is 1270. The maximum Gasteiger partial charge on any atom is 0.238 e. The fourth-order valence-corrected chi connectivity index (χ4v) is 4.46. The Morgan fingerprint density at radius 3 is 2.24 bits per heavy atom. The van der Waals surface area contributed by atoms with Gasteiger partial charge in [-0.05, 0) is 24.6 Å². The predicted molar refractivity (Wildman–Crippen MR) is 137 cm³/mol. The molecule has 0 atom stereocenters. The summed E-state index contributed by atoms with van der Waals surface area (Å²) >= 11 is 0. The van der Waals surface area contributed by atoms with Gasteiger partial charge < -0.3 is 10.2 Å². The van der Waals surface area contributed by atoms with Gasteiger partial charge in [-0.1, -0.05) is 72.3 Å². The molecule has 1 N–H and O–H groups in total. The van der Waals surface area contributed by atoms with Crippen molar-refractivity contribution in [3.8, 4) is 0 Å². The summed E-state index contributed by atoms with van der Waals surface area (Å²) in [5.74, 6) is 0.948. The summed E-state index contributed by atoms with van der Waals surface area (Å²) in [7, 11) is 0. The van der Waals surface area contributed by atoms with Crippen LogP contribution in [-0.2, 0) is 11.2 Å². The number of carbonyl (C=O) groups excluding carboxylic acids is 1. The number of benzene rings is 3. The van der Waals surface area contributed by atoms with E-state index in [-0.39, 0.29) is 5.91 Å². The maximum atomic E-state index is 12.5. The van der Waals surface area contributed by atoms with E-state index in [9.17, 15) is 4.79 Å². The topological polar surface area (TPSA) is 61.4 Å². The summed E-state index contributed by atoms with van der Waals surface area (Å²) in [4.78, 5) is 17.0. The first kappa shape index (κ1) is 22.0. The third-order valence-electron chi connectivity index (χ3n) is 6.33. The molecule has 0 aliphatic carbocycles. The molecule has 3 aromatic carbocycles. The maximum absolute atomic E-state index is 12.5. The molecule has 0 saturated carbocycles. The van der Waals surface area contributed by atoms with Crippen molar-refractivity contribution in [1.29, 1.82) is 0 Å². The lowest BCUT2D eigenvalue weighted by atomic mass is 10.0. The van der Waals surface area contributed by atoms with Gasteiger partial charge in [0.25, 0.3) is 0 Å². The molecular weight excluding hydrogens is 422 g/mol. The van der Waals surface area contributed by atoms with Crippen molar-refractivity contribution in [1.82, 2.24) is 15.1 Å². The van der Waals surface area contributed by atoms with Crippen LogP contribution >= 0.6 is 0 Å². The van der Waals surface area contributed by atoms with E-state index >= 15 is 0 Å². The average molecular weight is 452 g/mol. The highest BCUT2D eigenvalue weighted by molar-refractivity contribution is 5.94. The van der Waals surface area contributed by atoms with E-state index in [0.29, 0.717) is 6.54 Å². The van der Waals surface area contributed by atoms with Crippen molar-refractivity contribution in [2.45, 2.75) is 13.3 Å². The molecule has 1 saturated heterocycles. The second-order valence-corrected chi connectivity index (χ2v) is 8.86. The Balaban J connectivity index is 1.24. The molecule has 0 spiro atoms. The number of nitrogens with one attached hydrogen (secondary N) is 1. The van der Waals surface area contributed by atoms with Gasteiger partial charge in [-0.25, -0.2) is 0 Å². The van der Waals surface area contributed by atoms with Crippen LogP contribution in [0.3, 0.4) is 0 Å². The minimum Gasteiger partial charge on any atom is -0.352 e. The Labute approximate surface area is 200 Å². The van der Waals surface area contributed by atoms with Gasteiger partial charge in [0.1, 0.15) is 0 Å². The van der Waals surface area contributed by atoms with Gasteiger partial charge >= 0.3 is 0 Å². The smallest absolute Gasteiger partial charge is 0.238 e. The monoisotopic (exact) mass is 451 g/mol. The minimum atomic E-state index is 0.0211. The van der Waals surface area contributed by atoms with Gasteiger partial charge in [0, 0.05) is 49.1 Å². The van der Waals surface area contributed by atoms with E-state index in [1.807, 2.05) is 37.3 Å². The lowest BCUT2D eigenvalue weighted by molar-refractivity contribution is -0.117.